The van der Waals surface area contributed by atoms with Gasteiger partial charge in [-0.1, -0.05) is 6.92 Å². The van der Waals surface area contributed by atoms with Crippen LogP contribution in [0.1, 0.15) is 23.7 Å². The van der Waals surface area contributed by atoms with E-state index >= 15 is 0 Å². The van der Waals surface area contributed by atoms with Crippen LogP contribution in [0.5, 0.6) is 0 Å². The maximum Gasteiger partial charge on any atom is 0.269 e. The zero-order valence-corrected chi connectivity index (χ0v) is 10.4. The molecule has 1 aromatic carbocycles. The van der Waals surface area contributed by atoms with Gasteiger partial charge in [0, 0.05) is 24.1 Å². The molecule has 0 radical (unpaired) electrons. The fourth-order valence-corrected chi connectivity index (χ4v) is 0.840. The highest BCUT2D eigenvalue weighted by molar-refractivity contribution is 6.67. The molecule has 0 aromatic heterocycles. The number of hydrogen-bond acceptors (Lipinski definition) is 4. The van der Waals surface area contributed by atoms with Crippen LogP contribution in [-0.4, -0.2) is 15.4 Å². The smallest absolute Gasteiger partial charge is 0.269 e. The van der Waals surface area contributed by atoms with Crippen LogP contribution in [0, 0.1) is 10.1 Å². The zero-order chi connectivity index (χ0) is 13.4. The number of nitro groups is 1. The molecule has 0 bridgehead atoms. The Kier molecular flexibility index (Phi) is 7.09. The number of non-ortho nitro benzene ring substituents is 1. The Balaban J connectivity index is 0.000000437. The van der Waals surface area contributed by atoms with Crippen LogP contribution in [0.4, 0.5) is 5.69 Å². The third kappa shape index (κ3) is 6.65. The molecule has 1 aromatic rings. The van der Waals surface area contributed by atoms with Crippen LogP contribution in [-0.2, 0) is 4.79 Å². The lowest BCUT2D eigenvalue weighted by molar-refractivity contribution is -0.384. The van der Waals surface area contributed by atoms with E-state index in [9.17, 15) is 19.7 Å². The maximum absolute atomic E-state index is 10.5. The molecule has 7 heteroatoms. The van der Waals surface area contributed by atoms with E-state index < -0.39 is 10.2 Å². The molecule has 0 unspecified atom stereocenters. The second-order valence-corrected chi connectivity index (χ2v) is 3.55. The molecular weight excluding hydrogens is 269 g/mol. The van der Waals surface area contributed by atoms with E-state index in [1.54, 1.807) is 6.92 Å². The first-order valence-corrected chi connectivity index (χ1v) is 5.26. The monoisotopic (exact) mass is 277 g/mol. The predicted molar refractivity (Wildman–Crippen MR) is 64.4 cm³/mol. The Morgan fingerprint density at radius 1 is 1.24 bits per heavy atom. The van der Waals surface area contributed by atoms with Crippen molar-refractivity contribution >= 4 is 39.4 Å². The molecule has 0 amide bonds. The average molecular weight is 278 g/mol. The van der Waals surface area contributed by atoms with E-state index in [4.69, 9.17) is 23.2 Å². The summed E-state index contributed by atoms with van der Waals surface area (Å²) in [6.45, 7) is 1.72. The molecule has 1 rings (SSSR count). The quantitative estimate of drug-likeness (QED) is 0.483. The van der Waals surface area contributed by atoms with E-state index in [1.165, 1.54) is 24.3 Å². The Labute approximate surface area is 107 Å². The molecule has 0 fully saturated rings. The van der Waals surface area contributed by atoms with Gasteiger partial charge in [0.05, 0.1) is 4.92 Å². The third-order valence-electron chi connectivity index (χ3n) is 1.58. The van der Waals surface area contributed by atoms with Crippen LogP contribution in [0.25, 0.3) is 0 Å². The minimum atomic E-state index is -0.620. The van der Waals surface area contributed by atoms with Crippen molar-refractivity contribution in [3.05, 3.63) is 39.9 Å². The fraction of sp³-hybridized carbons (Fsp3) is 0.200. The number of carbonyl (C=O) groups is 2. The average Bonchev–Trinajstić information content (AvgIpc) is 2.29. The van der Waals surface area contributed by atoms with Gasteiger partial charge in [-0.15, -0.1) is 0 Å². The summed E-state index contributed by atoms with van der Waals surface area (Å²) in [4.78, 5) is 29.7. The van der Waals surface area contributed by atoms with Crippen molar-refractivity contribution in [1.82, 2.24) is 0 Å². The molecule has 5 nitrogen and oxygen atoms in total. The first-order chi connectivity index (χ1) is 7.88. The Morgan fingerprint density at radius 3 is 1.88 bits per heavy atom. The topological polar surface area (TPSA) is 77.3 Å². The number of nitrogens with zero attached hydrogens (tertiary/aromatic N) is 1. The normalized spacial score (nSPS) is 8.88. The van der Waals surface area contributed by atoms with Crippen molar-refractivity contribution in [2.45, 2.75) is 13.3 Å². The first-order valence-electron chi connectivity index (χ1n) is 4.51. The third-order valence-corrected chi connectivity index (χ3v) is 2.07. The highest BCUT2D eigenvalue weighted by Gasteiger charge is 2.06. The molecule has 17 heavy (non-hydrogen) atoms. The maximum atomic E-state index is 10.5. The molecule has 92 valence electrons. The van der Waals surface area contributed by atoms with Crippen molar-refractivity contribution in [2.75, 3.05) is 0 Å². The summed E-state index contributed by atoms with van der Waals surface area (Å²) in [5.41, 5.74) is 0.193. The Bertz CT molecular complexity index is 384. The molecule has 0 spiro atoms. The highest BCUT2D eigenvalue weighted by atomic mass is 35.5. The summed E-state index contributed by atoms with van der Waals surface area (Å²) < 4.78 is 0. The highest BCUT2D eigenvalue weighted by Crippen LogP contribution is 2.12. The number of halogens is 2. The molecular formula is C10H9Cl2NO4. The van der Waals surface area contributed by atoms with Gasteiger partial charge >= 0.3 is 0 Å². The minimum absolute atomic E-state index is 0.0586. The van der Waals surface area contributed by atoms with Crippen molar-refractivity contribution in [3.8, 4) is 0 Å². The molecule has 0 atom stereocenters. The van der Waals surface area contributed by atoms with Gasteiger partial charge in [-0.25, -0.2) is 0 Å². The Hall–Kier alpha value is -1.46. The number of rotatable bonds is 3. The summed E-state index contributed by atoms with van der Waals surface area (Å²) in [6.07, 6.45) is 0.432. The van der Waals surface area contributed by atoms with Gasteiger partial charge in [-0.3, -0.25) is 19.7 Å². The van der Waals surface area contributed by atoms with Crippen LogP contribution in [0.15, 0.2) is 24.3 Å². The molecule has 0 saturated carbocycles. The van der Waals surface area contributed by atoms with Gasteiger partial charge in [0.15, 0.2) is 0 Å². The number of hydrogen-bond donors (Lipinski definition) is 0. The van der Waals surface area contributed by atoms with Crippen LogP contribution in [0.2, 0.25) is 0 Å². The molecule has 0 heterocycles. The van der Waals surface area contributed by atoms with E-state index in [1.807, 2.05) is 0 Å². The fourth-order valence-electron chi connectivity index (χ4n) is 0.714. The summed E-state index contributed by atoms with van der Waals surface area (Å²) >= 11 is 9.95. The van der Waals surface area contributed by atoms with Crippen LogP contribution < -0.4 is 0 Å². The van der Waals surface area contributed by atoms with Gasteiger partial charge in [-0.2, -0.15) is 0 Å². The van der Waals surface area contributed by atoms with E-state index in [0.717, 1.165) is 0 Å². The number of nitro benzene ring substituents is 1. The largest absolute Gasteiger partial charge is 0.281 e. The SMILES string of the molecule is CCC(=O)Cl.O=C(Cl)c1ccc([N+](=O)[O-])cc1. The van der Waals surface area contributed by atoms with E-state index in [-0.39, 0.29) is 16.5 Å². The van der Waals surface area contributed by atoms with Crippen LogP contribution in [0.3, 0.4) is 0 Å². The summed E-state index contributed by atoms with van der Waals surface area (Å²) in [5, 5.41) is 9.28. The summed E-state index contributed by atoms with van der Waals surface area (Å²) in [6, 6.07) is 5.09. The van der Waals surface area contributed by atoms with E-state index in [0.29, 0.717) is 6.42 Å². The number of carbonyl (C=O) groups excluding carboxylic acids is 2. The second kappa shape index (κ2) is 7.76. The summed E-state index contributed by atoms with van der Waals surface area (Å²) in [5.74, 6) is 0. The van der Waals surface area contributed by atoms with E-state index in [2.05, 4.69) is 0 Å². The van der Waals surface area contributed by atoms with Crippen molar-refractivity contribution in [2.24, 2.45) is 0 Å². The zero-order valence-electron chi connectivity index (χ0n) is 8.85. The lowest BCUT2D eigenvalue weighted by Gasteiger charge is -1.92. The molecule has 0 aliphatic carbocycles. The predicted octanol–water partition coefficient (Wildman–Crippen LogP) is 3.14. The first kappa shape index (κ1) is 15.5. The molecule has 0 N–H and O–H groups in total. The Morgan fingerprint density at radius 2 is 1.65 bits per heavy atom. The van der Waals surface area contributed by atoms with Crippen LogP contribution >= 0.6 is 23.2 Å². The molecule has 0 saturated heterocycles. The standard InChI is InChI=1S/C7H4ClNO3.C3H5ClO/c8-7(10)5-1-3-6(4-2-5)9(11)12;1-2-3(4)5/h1-4H;2H2,1H3. The summed E-state index contributed by atoms with van der Waals surface area (Å²) in [7, 11) is 0. The van der Waals surface area contributed by atoms with Gasteiger partial charge in [0.2, 0.25) is 5.24 Å². The van der Waals surface area contributed by atoms with Gasteiger partial charge in [0.25, 0.3) is 10.9 Å². The van der Waals surface area contributed by atoms with Crippen molar-refractivity contribution in [1.29, 1.82) is 0 Å². The second-order valence-electron chi connectivity index (χ2n) is 2.79. The molecule has 0 aliphatic rings. The van der Waals surface area contributed by atoms with Crippen molar-refractivity contribution in [3.63, 3.8) is 0 Å². The number of benzene rings is 1. The van der Waals surface area contributed by atoms with Gasteiger partial charge < -0.3 is 0 Å². The minimum Gasteiger partial charge on any atom is -0.281 e. The van der Waals surface area contributed by atoms with Crippen molar-refractivity contribution < 1.29 is 14.5 Å². The lowest BCUT2D eigenvalue weighted by atomic mass is 10.2. The lowest BCUT2D eigenvalue weighted by Crippen LogP contribution is -1.90. The van der Waals surface area contributed by atoms with Gasteiger partial charge in [0.1, 0.15) is 0 Å². The molecule has 0 aliphatic heterocycles. The van der Waals surface area contributed by atoms with Gasteiger partial charge in [-0.05, 0) is 35.3 Å².